The number of nitrogens with two attached hydrogens (primary N) is 8. The van der Waals surface area contributed by atoms with E-state index in [0.29, 0.717) is 143 Å². The monoisotopic (exact) mass is 1770 g/mol. The molecule has 29 heteroatoms. The van der Waals surface area contributed by atoms with E-state index in [4.69, 9.17) is 45.9 Å². The lowest BCUT2D eigenvalue weighted by Crippen LogP contribution is -2.47. The number of carbonyl (C=O) groups excluding carboxylic acids is 11. The third kappa shape index (κ3) is 77.5. The van der Waals surface area contributed by atoms with Gasteiger partial charge in [-0.3, -0.25) is 52.7 Å². The van der Waals surface area contributed by atoms with Crippen molar-refractivity contribution in [2.45, 2.75) is 473 Å². The second-order valence-electron chi connectivity index (χ2n) is 35.4. The zero-order chi connectivity index (χ0) is 91.7. The van der Waals surface area contributed by atoms with Crippen molar-refractivity contribution in [3.05, 3.63) is 0 Å². The van der Waals surface area contributed by atoms with Crippen LogP contribution in [0.1, 0.15) is 437 Å². The zero-order valence-electron chi connectivity index (χ0n) is 78.9. The van der Waals surface area contributed by atoms with Gasteiger partial charge in [-0.15, -0.1) is 0 Å². The van der Waals surface area contributed by atoms with Crippen LogP contribution in [0, 0.1) is 0 Å². The number of amides is 11. The fourth-order valence-corrected chi connectivity index (χ4v) is 15.7. The summed E-state index contributed by atoms with van der Waals surface area (Å²) in [6.07, 6.45) is 61.0. The lowest BCUT2D eigenvalue weighted by Gasteiger charge is -2.18. The summed E-state index contributed by atoms with van der Waals surface area (Å²) >= 11 is 0. The third-order valence-corrected chi connectivity index (χ3v) is 23.7. The zero-order valence-corrected chi connectivity index (χ0v) is 78.9. The molecule has 730 valence electrons. The van der Waals surface area contributed by atoms with Crippen LogP contribution in [0.25, 0.3) is 0 Å². The lowest BCUT2D eigenvalue weighted by atomic mass is 10.0. The summed E-state index contributed by atoms with van der Waals surface area (Å²) in [7, 11) is 0. The topological polar surface area (TPSA) is 516 Å². The first-order valence-electron chi connectivity index (χ1n) is 51.0. The minimum Gasteiger partial charge on any atom is -0.368 e. The van der Waals surface area contributed by atoms with Crippen LogP contribution in [0.3, 0.4) is 0 Å². The fraction of sp³-hybridized carbons (Fsp3) is 0.885. The normalized spacial score (nSPS) is 12.8. The highest BCUT2D eigenvalue weighted by molar-refractivity contribution is 5.90. The molecule has 0 heterocycles. The summed E-state index contributed by atoms with van der Waals surface area (Å²) in [5.41, 5.74) is 45.5. The van der Waals surface area contributed by atoms with Crippen LogP contribution in [0.15, 0.2) is 0 Å². The van der Waals surface area contributed by atoms with E-state index >= 15 is 0 Å². The number of unbranched alkanes of at least 4 members (excludes halogenated alkanes) is 46. The minimum atomic E-state index is -0.631. The van der Waals surface area contributed by atoms with Crippen LogP contribution >= 0.6 is 0 Å². The van der Waals surface area contributed by atoms with E-state index < -0.39 is 42.2 Å². The van der Waals surface area contributed by atoms with Crippen LogP contribution < -0.4 is 99.0 Å². The van der Waals surface area contributed by atoms with E-state index in [1.807, 2.05) is 0 Å². The molecule has 0 aromatic carbocycles. The van der Waals surface area contributed by atoms with Crippen LogP contribution in [-0.2, 0) is 52.7 Å². The van der Waals surface area contributed by atoms with Crippen molar-refractivity contribution in [2.75, 3.05) is 72.0 Å². The predicted octanol–water partition coefficient (Wildman–Crippen LogP) is 12.1. The Hall–Kier alpha value is -6.11. The molecule has 0 aromatic rings. The van der Waals surface area contributed by atoms with Crippen molar-refractivity contribution in [1.29, 1.82) is 0 Å². The van der Waals surface area contributed by atoms with Gasteiger partial charge in [-0.05, 0) is 213 Å². The minimum absolute atomic E-state index is 0.0710. The van der Waals surface area contributed by atoms with E-state index in [1.54, 1.807) is 0 Å². The Bertz CT molecular complexity index is 2650. The molecule has 0 aliphatic heterocycles. The molecule has 0 saturated carbocycles. The summed E-state index contributed by atoms with van der Waals surface area (Å²) in [5.74, 6) is -1.54. The second kappa shape index (κ2) is 89.9. The molecule has 125 heavy (non-hydrogen) atoms. The molecule has 11 amide bonds. The largest absolute Gasteiger partial charge is 0.368 e. The maximum Gasteiger partial charge on any atom is 0.242 e. The van der Waals surface area contributed by atoms with Gasteiger partial charge in [0.2, 0.25) is 65.0 Å². The van der Waals surface area contributed by atoms with Crippen molar-refractivity contribution >= 4 is 65.0 Å². The highest BCUT2D eigenvalue weighted by atomic mass is 16.2. The molecule has 29 nitrogen and oxygen atoms in total. The van der Waals surface area contributed by atoms with Crippen LogP contribution in [0.2, 0.25) is 0 Å². The summed E-state index contributed by atoms with van der Waals surface area (Å²) in [5, 5.41) is 30.0. The Morgan fingerprint density at radius 3 is 0.512 bits per heavy atom. The Labute approximate surface area is 757 Å². The van der Waals surface area contributed by atoms with Crippen molar-refractivity contribution in [3.8, 4) is 0 Å². The van der Waals surface area contributed by atoms with Gasteiger partial charge in [0.25, 0.3) is 0 Å². The van der Waals surface area contributed by atoms with Gasteiger partial charge in [0.15, 0.2) is 0 Å². The Morgan fingerprint density at radius 1 is 0.176 bits per heavy atom. The van der Waals surface area contributed by atoms with Gasteiger partial charge in [-0.2, -0.15) is 0 Å². The molecule has 0 rings (SSSR count). The maximum atomic E-state index is 13.3. The number of carbonyl (C=O) groups is 11. The summed E-state index contributed by atoms with van der Waals surface area (Å²) in [4.78, 5) is 141. The number of nitrogens with one attached hydrogen (secondary N) is 10. The van der Waals surface area contributed by atoms with Gasteiger partial charge in [0, 0.05) is 64.8 Å². The molecule has 0 spiro atoms. The van der Waals surface area contributed by atoms with Crippen LogP contribution in [0.4, 0.5) is 0 Å². The van der Waals surface area contributed by atoms with Crippen molar-refractivity contribution in [3.63, 3.8) is 0 Å². The van der Waals surface area contributed by atoms with E-state index in [-0.39, 0.29) is 59.1 Å². The van der Waals surface area contributed by atoms with Crippen LogP contribution in [0.5, 0.6) is 0 Å². The molecular formula is C96H190N18O11. The smallest absolute Gasteiger partial charge is 0.242 e. The van der Waals surface area contributed by atoms with Crippen molar-refractivity contribution < 1.29 is 52.7 Å². The first-order chi connectivity index (χ1) is 60.9. The van der Waals surface area contributed by atoms with Crippen molar-refractivity contribution in [2.24, 2.45) is 45.9 Å². The lowest BCUT2D eigenvalue weighted by molar-refractivity contribution is -0.129. The summed E-state index contributed by atoms with van der Waals surface area (Å²) in [6.45, 7) is 6.31. The average molecular weight is 1770 g/mol. The molecule has 0 fully saturated rings. The fourth-order valence-electron chi connectivity index (χ4n) is 15.7. The highest BCUT2D eigenvalue weighted by Gasteiger charge is 2.25. The number of hydrogen-bond acceptors (Lipinski definition) is 18. The van der Waals surface area contributed by atoms with Crippen LogP contribution in [-0.4, -0.2) is 173 Å². The summed E-state index contributed by atoms with van der Waals surface area (Å²) in [6, 6.07) is -3.31. The number of rotatable bonds is 95. The second-order valence-corrected chi connectivity index (χ2v) is 35.4. The van der Waals surface area contributed by atoms with E-state index in [0.717, 1.165) is 366 Å². The molecule has 0 bridgehead atoms. The summed E-state index contributed by atoms with van der Waals surface area (Å²) < 4.78 is 0. The molecule has 26 N–H and O–H groups in total. The highest BCUT2D eigenvalue weighted by Crippen LogP contribution is 2.19. The SMILES string of the molecule is NCCCC[C@H](NC(=O)CCCCCCCCCCCNC(=O)[C@H](CCCCN)NC(=O)CCCCCCCCCCCNC(=O)[C@H](CCCCN)NC(=O)CCCCCCCCCCCNC(=O)[C@H](CCCCN)NC(=O)CCCCCCCCCCCNC(=O)[C@H](CCCCN)NC(=O)CCCCCCCCCCCNC(=O)[C@@H](N)CCCCN)C(N)=O. The molecular weight excluding hydrogens is 1580 g/mol. The first kappa shape index (κ1) is 119. The molecule has 0 aliphatic rings. The number of primary amides is 1. The number of hydrogen-bond donors (Lipinski definition) is 18. The van der Waals surface area contributed by atoms with E-state index in [1.165, 1.54) is 0 Å². The quantitative estimate of drug-likeness (QED) is 0.0252. The van der Waals surface area contributed by atoms with E-state index in [2.05, 4.69) is 53.2 Å². The standard InChI is InChI=1S/C96H190N18O11/c97-69-47-41-58-80(103)92(121)105-75-53-31-21-11-1-7-17-27-37-65-87(116)111-82(60-43-49-71-99)94(123)107-77-55-33-23-13-3-9-19-29-39-67-89(118)113-84(62-45-51-73-101)96(125)109-79-57-35-25-15-5-10-20-30-40-68-90(119)114-85(63-46-52-74-102)95(124)108-78-56-34-24-14-4-8-18-28-38-66-88(117)112-83(61-44-50-72-100)93(122)106-76-54-32-22-12-2-6-16-26-36-64-86(115)110-81(91(104)120)59-42-48-70-98/h80-85H,1-79,97-103H2,(H2,104,120)(H,105,121)(H,106,122)(H,107,123)(H,108,124)(H,109,125)(H,110,115)(H,111,116)(H,112,117)(H,113,118)(H,114,119)/t80-,81-,82-,83-,84-,85-/m0/s1. The Kier molecular flexibility index (Phi) is 85.5. The molecule has 0 saturated heterocycles. The van der Waals surface area contributed by atoms with Gasteiger partial charge < -0.3 is 99.0 Å². The van der Waals surface area contributed by atoms with Gasteiger partial charge in [-0.25, -0.2) is 0 Å². The molecule has 6 atom stereocenters. The first-order valence-corrected chi connectivity index (χ1v) is 51.0. The van der Waals surface area contributed by atoms with Gasteiger partial charge in [0.05, 0.1) is 6.04 Å². The van der Waals surface area contributed by atoms with Gasteiger partial charge >= 0.3 is 0 Å². The Balaban J connectivity index is 4.25. The van der Waals surface area contributed by atoms with E-state index in [9.17, 15) is 52.7 Å². The molecule has 0 radical (unpaired) electrons. The van der Waals surface area contributed by atoms with Gasteiger partial charge in [0.1, 0.15) is 30.2 Å². The molecule has 0 aliphatic carbocycles. The Morgan fingerprint density at radius 2 is 0.328 bits per heavy atom. The maximum absolute atomic E-state index is 13.3. The third-order valence-electron chi connectivity index (χ3n) is 23.7. The molecule has 0 aromatic heterocycles. The average Bonchev–Trinajstić information content (AvgIpc) is 0.933. The van der Waals surface area contributed by atoms with Gasteiger partial charge in [-0.1, -0.05) is 231 Å². The van der Waals surface area contributed by atoms with Crippen molar-refractivity contribution in [1.82, 2.24) is 53.2 Å². The predicted molar refractivity (Wildman–Crippen MR) is 510 cm³/mol. The molecule has 0 unspecified atom stereocenters.